The highest BCUT2D eigenvalue weighted by Gasteiger charge is 2.31. The summed E-state index contributed by atoms with van der Waals surface area (Å²) >= 11 is 0. The molecular formula is C30H40N4O6S. The van der Waals surface area contributed by atoms with Gasteiger partial charge in [0.15, 0.2) is 0 Å². The summed E-state index contributed by atoms with van der Waals surface area (Å²) in [4.78, 5) is 25.3. The molecule has 0 spiro atoms. The number of methoxy groups -OCH3 is 1. The Morgan fingerprint density at radius 1 is 1.02 bits per heavy atom. The minimum atomic E-state index is -3.89. The summed E-state index contributed by atoms with van der Waals surface area (Å²) in [5, 5.41) is 17.6. The lowest BCUT2D eigenvalue weighted by atomic mass is 9.98. The van der Waals surface area contributed by atoms with Crippen LogP contribution in [0.4, 0.5) is 10.5 Å². The Bertz CT molecular complexity index is 1410. The molecule has 3 rings (SSSR count). The van der Waals surface area contributed by atoms with Crippen molar-refractivity contribution in [2.75, 3.05) is 32.5 Å². The highest BCUT2D eigenvalue weighted by molar-refractivity contribution is 7.89. The number of amides is 2. The second-order valence-corrected chi connectivity index (χ2v) is 12.2. The van der Waals surface area contributed by atoms with Crippen molar-refractivity contribution in [2.45, 2.75) is 50.1 Å². The van der Waals surface area contributed by atoms with E-state index in [-0.39, 0.29) is 36.9 Å². The number of nitrogens with two attached hydrogens (primary N) is 1. The number of nitrogen functional groups attached to an aromatic ring is 1. The first kappa shape index (κ1) is 31.9. The lowest BCUT2D eigenvalue weighted by molar-refractivity contribution is -0.123. The second-order valence-electron chi connectivity index (χ2n) is 10.3. The maximum atomic E-state index is 13.5. The van der Waals surface area contributed by atoms with Crippen molar-refractivity contribution < 1.29 is 27.9 Å². The van der Waals surface area contributed by atoms with E-state index in [0.29, 0.717) is 18.5 Å². The number of sulfonamides is 1. The van der Waals surface area contributed by atoms with Gasteiger partial charge in [0.05, 0.1) is 18.6 Å². The lowest BCUT2D eigenvalue weighted by Gasteiger charge is -2.31. The number of fused-ring (bicyclic) bond motifs is 1. The zero-order chi connectivity index (χ0) is 30.0. The van der Waals surface area contributed by atoms with Crippen molar-refractivity contribution >= 4 is 38.5 Å². The van der Waals surface area contributed by atoms with E-state index < -0.39 is 34.1 Å². The van der Waals surface area contributed by atoms with Crippen LogP contribution in [0.2, 0.25) is 0 Å². The number of carbonyl (C=O) groups is 2. The Hall–Kier alpha value is -3.67. The number of anilines is 1. The molecule has 2 amide bonds. The normalized spacial score (nSPS) is 13.2. The van der Waals surface area contributed by atoms with E-state index in [1.807, 2.05) is 56.3 Å². The number of ether oxygens (including phenoxy) is 1. The minimum Gasteiger partial charge on any atom is -0.453 e. The number of nitrogens with one attached hydrogen (secondary N) is 2. The van der Waals surface area contributed by atoms with Crippen LogP contribution in [-0.4, -0.2) is 68.7 Å². The van der Waals surface area contributed by atoms with Crippen molar-refractivity contribution in [3.05, 3.63) is 72.3 Å². The molecule has 41 heavy (non-hydrogen) atoms. The summed E-state index contributed by atoms with van der Waals surface area (Å²) in [6.07, 6.45) is 0.254. The number of nitrogens with zero attached hydrogens (tertiary/aromatic N) is 1. The van der Waals surface area contributed by atoms with Gasteiger partial charge in [0, 0.05) is 31.2 Å². The molecule has 222 valence electrons. The first-order valence-corrected chi connectivity index (χ1v) is 15.1. The third-order valence-electron chi connectivity index (χ3n) is 6.76. The minimum absolute atomic E-state index is 0.0199. The average molecular weight is 585 g/mol. The van der Waals surface area contributed by atoms with Crippen molar-refractivity contribution in [2.24, 2.45) is 5.92 Å². The molecule has 0 aromatic heterocycles. The van der Waals surface area contributed by atoms with E-state index in [9.17, 15) is 23.1 Å². The van der Waals surface area contributed by atoms with Crippen LogP contribution in [0.15, 0.2) is 71.6 Å². The van der Waals surface area contributed by atoms with Crippen LogP contribution in [0, 0.1) is 5.92 Å². The van der Waals surface area contributed by atoms with Crippen LogP contribution in [-0.2, 0) is 26.0 Å². The molecule has 2 atom stereocenters. The summed E-state index contributed by atoms with van der Waals surface area (Å²) in [5.74, 6) is -0.371. The fourth-order valence-corrected chi connectivity index (χ4v) is 6.49. The smallest absolute Gasteiger partial charge is 0.407 e. The van der Waals surface area contributed by atoms with Crippen LogP contribution in [0.25, 0.3) is 10.8 Å². The highest BCUT2D eigenvalue weighted by Crippen LogP contribution is 2.23. The van der Waals surface area contributed by atoms with Gasteiger partial charge in [-0.05, 0) is 59.4 Å². The van der Waals surface area contributed by atoms with Crippen LogP contribution < -0.4 is 16.4 Å². The molecule has 10 nitrogen and oxygen atoms in total. The molecule has 0 unspecified atom stereocenters. The summed E-state index contributed by atoms with van der Waals surface area (Å²) in [6, 6.07) is 18.0. The molecule has 5 N–H and O–H groups in total. The fraction of sp³-hybridized carbons (Fsp3) is 0.400. The zero-order valence-electron chi connectivity index (χ0n) is 23.7. The van der Waals surface area contributed by atoms with E-state index in [1.54, 1.807) is 0 Å². The molecule has 0 radical (unpaired) electrons. The molecule has 0 bridgehead atoms. The Balaban J connectivity index is 1.68. The molecule has 0 fully saturated rings. The van der Waals surface area contributed by atoms with Crippen LogP contribution in [0.1, 0.15) is 32.3 Å². The molecule has 0 aliphatic carbocycles. The van der Waals surface area contributed by atoms with E-state index >= 15 is 0 Å². The predicted octanol–water partition coefficient (Wildman–Crippen LogP) is 3.29. The van der Waals surface area contributed by atoms with Gasteiger partial charge in [-0.3, -0.25) is 4.79 Å². The second kappa shape index (κ2) is 14.8. The molecule has 0 saturated carbocycles. The maximum absolute atomic E-state index is 13.5. The average Bonchev–Trinajstić information content (AvgIpc) is 2.96. The number of hydrogen-bond donors (Lipinski definition) is 4. The number of aliphatic hydroxyl groups is 1. The largest absolute Gasteiger partial charge is 0.453 e. The number of benzene rings is 3. The van der Waals surface area contributed by atoms with Gasteiger partial charge in [0.25, 0.3) is 0 Å². The van der Waals surface area contributed by atoms with Crippen molar-refractivity contribution in [1.82, 2.24) is 14.9 Å². The topological polar surface area (TPSA) is 151 Å². The molecule has 3 aromatic rings. The number of hydrogen-bond acceptors (Lipinski definition) is 7. The Morgan fingerprint density at radius 2 is 1.71 bits per heavy atom. The first-order valence-electron chi connectivity index (χ1n) is 13.6. The molecule has 0 aliphatic heterocycles. The number of aliphatic hydroxyl groups excluding tert-OH is 1. The molecule has 11 heteroatoms. The third-order valence-corrected chi connectivity index (χ3v) is 8.69. The van der Waals surface area contributed by atoms with Crippen LogP contribution >= 0.6 is 0 Å². The number of alkyl carbamates (subject to hydrolysis) is 1. The molecule has 3 aromatic carbocycles. The van der Waals surface area contributed by atoms with Gasteiger partial charge in [-0.15, -0.1) is 0 Å². The molecular weight excluding hydrogens is 544 g/mol. The van der Waals surface area contributed by atoms with Crippen molar-refractivity contribution in [3.8, 4) is 0 Å². The van der Waals surface area contributed by atoms with E-state index in [4.69, 9.17) is 10.5 Å². The quantitative estimate of drug-likeness (QED) is 0.168. The van der Waals surface area contributed by atoms with Gasteiger partial charge < -0.3 is 26.2 Å². The molecule has 0 heterocycles. The number of carbonyl (C=O) groups excluding carboxylic acids is 2. The summed E-state index contributed by atoms with van der Waals surface area (Å²) in [6.45, 7) is 3.89. The Kier molecular flexibility index (Phi) is 11.5. The van der Waals surface area contributed by atoms with E-state index in [0.717, 1.165) is 16.3 Å². The summed E-state index contributed by atoms with van der Waals surface area (Å²) in [5.41, 5.74) is 7.08. The van der Waals surface area contributed by atoms with Crippen molar-refractivity contribution in [1.29, 1.82) is 0 Å². The SMILES string of the molecule is COC(=O)N[C@@H](Cc1cccc2ccccc12)C(=O)NCCC[C@@H](CO)N(CC(C)C)S(=O)(=O)c1ccc(N)cc1. The maximum Gasteiger partial charge on any atom is 0.407 e. The molecule has 0 aliphatic rings. The Morgan fingerprint density at radius 3 is 2.37 bits per heavy atom. The van der Waals surface area contributed by atoms with Gasteiger partial charge in [-0.1, -0.05) is 56.3 Å². The van der Waals surface area contributed by atoms with Gasteiger partial charge in [0.2, 0.25) is 15.9 Å². The van der Waals surface area contributed by atoms with Gasteiger partial charge in [-0.25, -0.2) is 13.2 Å². The lowest BCUT2D eigenvalue weighted by Crippen LogP contribution is -2.48. The van der Waals surface area contributed by atoms with E-state index in [2.05, 4.69) is 10.6 Å². The first-order chi connectivity index (χ1) is 19.6. The fourth-order valence-electron chi connectivity index (χ4n) is 4.68. The third kappa shape index (κ3) is 8.66. The summed E-state index contributed by atoms with van der Waals surface area (Å²) < 4.78 is 33.0. The zero-order valence-corrected chi connectivity index (χ0v) is 24.6. The van der Waals surface area contributed by atoms with Gasteiger partial charge in [0.1, 0.15) is 6.04 Å². The number of rotatable bonds is 14. The van der Waals surface area contributed by atoms with Crippen LogP contribution in [0.3, 0.4) is 0 Å². The van der Waals surface area contributed by atoms with Gasteiger partial charge >= 0.3 is 6.09 Å². The monoisotopic (exact) mass is 584 g/mol. The predicted molar refractivity (Wildman–Crippen MR) is 160 cm³/mol. The Labute approximate surface area is 241 Å². The van der Waals surface area contributed by atoms with Crippen LogP contribution in [0.5, 0.6) is 0 Å². The van der Waals surface area contributed by atoms with Crippen molar-refractivity contribution in [3.63, 3.8) is 0 Å². The summed E-state index contributed by atoms with van der Waals surface area (Å²) in [7, 11) is -2.66. The van der Waals surface area contributed by atoms with Gasteiger partial charge in [-0.2, -0.15) is 4.31 Å². The van der Waals surface area contributed by atoms with E-state index in [1.165, 1.54) is 35.7 Å². The molecule has 0 saturated heterocycles. The highest BCUT2D eigenvalue weighted by atomic mass is 32.2. The standard InChI is InChI=1S/C30H40N4O6S/c1-21(2)19-34(41(38,39)26-15-13-24(31)14-16-26)25(20-35)11-7-17-32-29(36)28(33-30(37)40-3)18-23-10-6-9-22-8-4-5-12-27(22)23/h4-6,8-10,12-16,21,25,28,35H,7,11,17-20,31H2,1-3H3,(H,32,36)(H,33,37)/t25-,28-/m0/s1.